The minimum absolute atomic E-state index is 0.0963. The molecular formula is C14H13Cl6NO7S. The molecule has 2 atom stereocenters. The molecule has 2 aliphatic heterocycles. The molecule has 0 unspecified atom stereocenters. The van der Waals surface area contributed by atoms with Crippen LogP contribution in [0.5, 0.6) is 0 Å². The van der Waals surface area contributed by atoms with Gasteiger partial charge in [-0.2, -0.15) is 0 Å². The Balaban J connectivity index is 1.87. The number of fused-ring (bicyclic) bond motifs is 1. The van der Waals surface area contributed by atoms with E-state index >= 15 is 0 Å². The predicted octanol–water partition coefficient (Wildman–Crippen LogP) is 3.55. The molecule has 0 aromatic carbocycles. The number of rotatable bonds is 7. The van der Waals surface area contributed by atoms with Gasteiger partial charge in [0.2, 0.25) is 13.5 Å². The van der Waals surface area contributed by atoms with Crippen molar-refractivity contribution in [3.8, 4) is 0 Å². The Labute approximate surface area is 199 Å². The highest BCUT2D eigenvalue weighted by atomic mass is 35.6. The van der Waals surface area contributed by atoms with Crippen LogP contribution in [0.1, 0.15) is 6.42 Å². The maximum absolute atomic E-state index is 12.4. The van der Waals surface area contributed by atoms with E-state index in [4.69, 9.17) is 79.1 Å². The summed E-state index contributed by atoms with van der Waals surface area (Å²) in [4.78, 5) is 37.6. The number of β-lactam (4-membered cyclic amide) rings is 1. The van der Waals surface area contributed by atoms with E-state index in [0.29, 0.717) is 0 Å². The highest BCUT2D eigenvalue weighted by Gasteiger charge is 2.55. The standard InChI is InChI=1S/C14H13Cl6NO7S/c15-13(16,17)4-27-11(24)8-7(3-22)29-10-6(9(23)21(8)10)1-2-26-12(25)28-5-14(18,19)20/h6,10,22H,1-5H2/t6-,10+/m0/s1. The lowest BCUT2D eigenvalue weighted by Crippen LogP contribution is -2.57. The van der Waals surface area contributed by atoms with E-state index in [1.165, 1.54) is 4.90 Å². The molecule has 0 aromatic rings. The van der Waals surface area contributed by atoms with Crippen molar-refractivity contribution in [1.29, 1.82) is 0 Å². The van der Waals surface area contributed by atoms with Gasteiger partial charge in [0.25, 0.3) is 0 Å². The molecule has 0 saturated carbocycles. The number of ether oxygens (including phenoxy) is 3. The Bertz CT molecular complexity index is 708. The lowest BCUT2D eigenvalue weighted by molar-refractivity contribution is -0.154. The molecule has 2 rings (SSSR count). The summed E-state index contributed by atoms with van der Waals surface area (Å²) >= 11 is 34.1. The molecule has 29 heavy (non-hydrogen) atoms. The second-order valence-electron chi connectivity index (χ2n) is 5.74. The molecule has 8 nitrogen and oxygen atoms in total. The highest BCUT2D eigenvalue weighted by Crippen LogP contribution is 2.50. The van der Waals surface area contributed by atoms with Crippen molar-refractivity contribution >= 4 is 99.4 Å². The second-order valence-corrected chi connectivity index (χ2v) is 12.0. The van der Waals surface area contributed by atoms with Gasteiger partial charge in [-0.15, -0.1) is 0 Å². The van der Waals surface area contributed by atoms with Gasteiger partial charge in [-0.25, -0.2) is 9.59 Å². The quantitative estimate of drug-likeness (QED) is 0.291. The molecule has 0 aliphatic carbocycles. The lowest BCUT2D eigenvalue weighted by Gasteiger charge is -2.42. The van der Waals surface area contributed by atoms with Crippen molar-refractivity contribution in [2.75, 3.05) is 26.4 Å². The van der Waals surface area contributed by atoms with Crippen LogP contribution in [0.25, 0.3) is 0 Å². The van der Waals surface area contributed by atoms with Crippen LogP contribution in [0.4, 0.5) is 4.79 Å². The van der Waals surface area contributed by atoms with Gasteiger partial charge in [0.15, 0.2) is 0 Å². The van der Waals surface area contributed by atoms with Crippen LogP contribution in [-0.4, -0.2) is 67.4 Å². The monoisotopic (exact) mass is 549 g/mol. The van der Waals surface area contributed by atoms with Gasteiger partial charge >= 0.3 is 12.1 Å². The van der Waals surface area contributed by atoms with Crippen LogP contribution in [0.15, 0.2) is 10.6 Å². The molecule has 0 bridgehead atoms. The minimum atomic E-state index is -1.82. The van der Waals surface area contributed by atoms with Crippen molar-refractivity contribution in [3.63, 3.8) is 0 Å². The largest absolute Gasteiger partial charge is 0.508 e. The number of halogens is 6. The number of aliphatic hydroxyl groups is 1. The number of amides is 1. The van der Waals surface area contributed by atoms with Gasteiger partial charge in [0.05, 0.1) is 24.5 Å². The van der Waals surface area contributed by atoms with Crippen molar-refractivity contribution in [2.24, 2.45) is 5.92 Å². The molecule has 164 valence electrons. The molecule has 0 aromatic heterocycles. The number of thioether (sulfide) groups is 1. The van der Waals surface area contributed by atoms with Crippen LogP contribution in [0.3, 0.4) is 0 Å². The molecular weight excluding hydrogens is 539 g/mol. The smallest absolute Gasteiger partial charge is 0.456 e. The third-order valence-electron chi connectivity index (χ3n) is 3.63. The van der Waals surface area contributed by atoms with Crippen molar-refractivity contribution in [2.45, 2.75) is 19.4 Å². The average Bonchev–Trinajstić information content (AvgIpc) is 2.95. The molecule has 1 N–H and O–H groups in total. The molecule has 1 amide bonds. The topological polar surface area (TPSA) is 102 Å². The number of alkyl halides is 6. The van der Waals surface area contributed by atoms with E-state index in [0.717, 1.165) is 11.8 Å². The van der Waals surface area contributed by atoms with Gasteiger partial charge in [-0.3, -0.25) is 9.69 Å². The Morgan fingerprint density at radius 2 is 1.62 bits per heavy atom. The molecule has 15 heteroatoms. The van der Waals surface area contributed by atoms with Gasteiger partial charge < -0.3 is 19.3 Å². The molecule has 0 spiro atoms. The van der Waals surface area contributed by atoms with E-state index < -0.39 is 56.7 Å². The Kier molecular flexibility index (Phi) is 8.78. The minimum Gasteiger partial charge on any atom is -0.456 e. The Morgan fingerprint density at radius 3 is 2.17 bits per heavy atom. The van der Waals surface area contributed by atoms with E-state index in [9.17, 15) is 19.5 Å². The van der Waals surface area contributed by atoms with E-state index in [1.807, 2.05) is 0 Å². The van der Waals surface area contributed by atoms with Crippen molar-refractivity contribution < 1.29 is 33.7 Å². The zero-order chi connectivity index (χ0) is 22.0. The van der Waals surface area contributed by atoms with Crippen LogP contribution < -0.4 is 0 Å². The zero-order valence-corrected chi connectivity index (χ0v) is 19.6. The van der Waals surface area contributed by atoms with E-state index in [1.54, 1.807) is 0 Å². The van der Waals surface area contributed by atoms with Crippen LogP contribution >= 0.6 is 81.4 Å². The van der Waals surface area contributed by atoms with Crippen molar-refractivity contribution in [1.82, 2.24) is 4.90 Å². The first-order valence-electron chi connectivity index (χ1n) is 7.78. The number of carbonyl (C=O) groups excluding carboxylic acids is 3. The predicted molar refractivity (Wildman–Crippen MR) is 109 cm³/mol. The van der Waals surface area contributed by atoms with E-state index in [-0.39, 0.29) is 23.6 Å². The third-order valence-corrected chi connectivity index (χ3v) is 5.67. The zero-order valence-electron chi connectivity index (χ0n) is 14.2. The highest BCUT2D eigenvalue weighted by molar-refractivity contribution is 8.04. The van der Waals surface area contributed by atoms with Gasteiger partial charge in [0.1, 0.15) is 18.9 Å². The normalized spacial score (nSPS) is 21.6. The third kappa shape index (κ3) is 7.00. The first-order valence-corrected chi connectivity index (χ1v) is 10.9. The van der Waals surface area contributed by atoms with Crippen LogP contribution in [-0.2, 0) is 23.8 Å². The summed E-state index contributed by atoms with van der Waals surface area (Å²) in [5, 5.41) is 9.04. The van der Waals surface area contributed by atoms with Gasteiger partial charge in [0, 0.05) is 4.91 Å². The molecule has 1 saturated heterocycles. The molecule has 2 heterocycles. The van der Waals surface area contributed by atoms with Gasteiger partial charge in [-0.05, 0) is 6.42 Å². The number of hydrogen-bond acceptors (Lipinski definition) is 8. The summed E-state index contributed by atoms with van der Waals surface area (Å²) in [5.41, 5.74) is -0.0963. The SMILES string of the molecule is O=C(OCC[C@H]1C(=O)N2C(C(=O)OCC(Cl)(Cl)Cl)=C(CO)S[C@H]12)OCC(Cl)(Cl)Cl. The summed E-state index contributed by atoms with van der Waals surface area (Å²) in [6.45, 7) is -1.63. The van der Waals surface area contributed by atoms with Crippen molar-refractivity contribution in [3.05, 3.63) is 10.6 Å². The summed E-state index contributed by atoms with van der Waals surface area (Å²) in [6.07, 6.45) is -0.894. The maximum Gasteiger partial charge on any atom is 0.508 e. The average molecular weight is 552 g/mol. The number of carbonyl (C=O) groups is 3. The fourth-order valence-corrected chi connectivity index (χ4v) is 4.21. The van der Waals surface area contributed by atoms with E-state index in [2.05, 4.69) is 4.74 Å². The molecule has 2 aliphatic rings. The molecule has 0 radical (unpaired) electrons. The summed E-state index contributed by atoms with van der Waals surface area (Å²) in [7, 11) is 0. The Morgan fingerprint density at radius 1 is 1.03 bits per heavy atom. The lowest BCUT2D eigenvalue weighted by atomic mass is 9.94. The summed E-state index contributed by atoms with van der Waals surface area (Å²) in [6, 6.07) is 0. The first kappa shape index (κ1) is 25.3. The summed E-state index contributed by atoms with van der Waals surface area (Å²) < 4.78 is 10.7. The van der Waals surface area contributed by atoms with Crippen LogP contribution in [0.2, 0.25) is 0 Å². The fourth-order valence-electron chi connectivity index (χ4n) is 2.49. The second kappa shape index (κ2) is 10.1. The number of aliphatic hydroxyl groups excluding tert-OH is 1. The first-order chi connectivity index (χ1) is 13.3. The fraction of sp³-hybridized carbons (Fsp3) is 0.643. The molecule has 1 fully saturated rings. The van der Waals surface area contributed by atoms with Crippen LogP contribution in [0, 0.1) is 5.92 Å². The summed E-state index contributed by atoms with van der Waals surface area (Å²) in [5.74, 6) is -1.85. The van der Waals surface area contributed by atoms with Gasteiger partial charge in [-0.1, -0.05) is 81.4 Å². The number of nitrogens with zero attached hydrogens (tertiary/aromatic N) is 1. The number of esters is 1. The number of hydrogen-bond donors (Lipinski definition) is 1. The Hall–Kier alpha value is 0.000000000000000333. The maximum atomic E-state index is 12.4.